The maximum Gasteiger partial charge on any atom is 0.230 e. The van der Waals surface area contributed by atoms with Crippen LogP contribution < -0.4 is 5.32 Å². The second-order valence-electron chi connectivity index (χ2n) is 2.53. The fourth-order valence-corrected chi connectivity index (χ4v) is 1.22. The summed E-state index contributed by atoms with van der Waals surface area (Å²) in [7, 11) is 1.77. The van der Waals surface area contributed by atoms with E-state index in [1.165, 1.54) is 0 Å². The molecule has 1 amide bonds. The van der Waals surface area contributed by atoms with Gasteiger partial charge in [0.2, 0.25) is 5.91 Å². The molecule has 4 nitrogen and oxygen atoms in total. The Labute approximate surface area is 86.7 Å². The number of nitrogens with zero attached hydrogens (tertiary/aromatic N) is 2. The minimum atomic E-state index is -0.134. The molecule has 0 aromatic carbocycles. The molecule has 0 atom stereocenters. The van der Waals surface area contributed by atoms with E-state index in [9.17, 15) is 4.79 Å². The third kappa shape index (κ3) is 2.93. The molecule has 13 heavy (non-hydrogen) atoms. The van der Waals surface area contributed by atoms with Crippen LogP contribution in [-0.2, 0) is 18.4 Å². The van der Waals surface area contributed by atoms with Gasteiger partial charge in [-0.15, -0.1) is 0 Å². The van der Waals surface area contributed by atoms with E-state index in [-0.39, 0.29) is 11.7 Å². The summed E-state index contributed by atoms with van der Waals surface area (Å²) in [5, 5.41) is 7.25. The number of aryl methyl sites for hydroxylation is 1. The van der Waals surface area contributed by atoms with Gasteiger partial charge in [-0.1, -0.05) is 11.6 Å². The summed E-state index contributed by atoms with van der Waals surface area (Å²) in [5.41, 5.74) is 0.666. The summed E-state index contributed by atoms with van der Waals surface area (Å²) in [6, 6.07) is 0. The average Bonchev–Trinajstić information content (AvgIpc) is 2.41. The highest BCUT2D eigenvalue weighted by molar-refractivity contribution is 7.81. The second-order valence-corrected chi connectivity index (χ2v) is 3.26. The topological polar surface area (TPSA) is 46.9 Å². The maximum absolute atomic E-state index is 10.8. The predicted molar refractivity (Wildman–Crippen MR) is 53.9 cm³/mol. The predicted octanol–water partition coefficient (Wildman–Crippen LogP) is 0.619. The van der Waals surface area contributed by atoms with Crippen molar-refractivity contribution in [1.82, 2.24) is 15.1 Å². The lowest BCUT2D eigenvalue weighted by Crippen LogP contribution is -2.24. The van der Waals surface area contributed by atoms with Crippen molar-refractivity contribution in [3.8, 4) is 0 Å². The van der Waals surface area contributed by atoms with Crippen molar-refractivity contribution in [1.29, 1.82) is 0 Å². The van der Waals surface area contributed by atoms with E-state index >= 15 is 0 Å². The molecule has 0 spiro atoms. The van der Waals surface area contributed by atoms with Crippen molar-refractivity contribution < 1.29 is 4.79 Å². The fraction of sp³-hybridized carbons (Fsp3) is 0.429. The van der Waals surface area contributed by atoms with Gasteiger partial charge in [-0.05, 0) is 0 Å². The minimum absolute atomic E-state index is 0.134. The summed E-state index contributed by atoms with van der Waals surface area (Å²) < 4.78 is 1.60. The highest BCUT2D eigenvalue weighted by Gasteiger charge is 2.05. The molecule has 1 N–H and O–H groups in total. The van der Waals surface area contributed by atoms with Gasteiger partial charge >= 0.3 is 0 Å². The maximum atomic E-state index is 10.8. The van der Waals surface area contributed by atoms with Gasteiger partial charge in [0.25, 0.3) is 0 Å². The fourth-order valence-electron chi connectivity index (χ4n) is 0.864. The molecule has 0 aliphatic rings. The van der Waals surface area contributed by atoms with Crippen LogP contribution in [0.25, 0.3) is 0 Å². The molecule has 6 heteroatoms. The third-order valence-corrected chi connectivity index (χ3v) is 2.05. The molecule has 0 radical (unpaired) electrons. The number of halogens is 1. The van der Waals surface area contributed by atoms with Crippen molar-refractivity contribution >= 4 is 30.1 Å². The molecule has 1 rings (SSSR count). The molecule has 72 valence electrons. The van der Waals surface area contributed by atoms with Gasteiger partial charge < -0.3 is 5.32 Å². The molecular formula is C7H10ClN3OS. The van der Waals surface area contributed by atoms with Gasteiger partial charge in [-0.3, -0.25) is 9.48 Å². The van der Waals surface area contributed by atoms with Gasteiger partial charge in [0.05, 0.1) is 17.3 Å². The zero-order valence-electron chi connectivity index (χ0n) is 7.12. The zero-order chi connectivity index (χ0) is 9.84. The molecule has 1 heterocycles. The zero-order valence-corrected chi connectivity index (χ0v) is 8.77. The van der Waals surface area contributed by atoms with Crippen LogP contribution in [0.15, 0.2) is 6.20 Å². The Balaban J connectivity index is 2.54. The Hall–Kier alpha value is -0.680. The van der Waals surface area contributed by atoms with E-state index in [2.05, 4.69) is 23.0 Å². The molecule has 0 saturated carbocycles. The first-order valence-electron chi connectivity index (χ1n) is 3.69. The van der Waals surface area contributed by atoms with Crippen molar-refractivity contribution in [2.24, 2.45) is 7.05 Å². The normalized spacial score (nSPS) is 10.1. The molecule has 0 aliphatic carbocycles. The quantitative estimate of drug-likeness (QED) is 0.733. The van der Waals surface area contributed by atoms with E-state index in [4.69, 9.17) is 11.6 Å². The van der Waals surface area contributed by atoms with Crippen LogP contribution in [0.1, 0.15) is 5.69 Å². The van der Waals surface area contributed by atoms with E-state index in [1.807, 2.05) is 0 Å². The van der Waals surface area contributed by atoms with Gasteiger partial charge in [0.1, 0.15) is 5.69 Å². The monoisotopic (exact) mass is 219 g/mol. The first kappa shape index (κ1) is 10.4. The van der Waals surface area contributed by atoms with Crippen molar-refractivity contribution in [2.75, 3.05) is 5.75 Å². The van der Waals surface area contributed by atoms with Crippen molar-refractivity contribution in [3.05, 3.63) is 16.9 Å². The Morgan fingerprint density at radius 1 is 1.85 bits per heavy atom. The molecule has 0 aliphatic heterocycles. The minimum Gasteiger partial charge on any atom is -0.350 e. The highest BCUT2D eigenvalue weighted by Crippen LogP contribution is 2.12. The van der Waals surface area contributed by atoms with E-state index < -0.39 is 0 Å². The number of nitrogens with one attached hydrogen (secondary N) is 1. The molecule has 1 aromatic rings. The van der Waals surface area contributed by atoms with Crippen LogP contribution in [0.4, 0.5) is 0 Å². The molecule has 0 bridgehead atoms. The smallest absolute Gasteiger partial charge is 0.230 e. The number of carbonyl (C=O) groups is 1. The van der Waals surface area contributed by atoms with Crippen LogP contribution in [0.3, 0.4) is 0 Å². The summed E-state index contributed by atoms with van der Waals surface area (Å²) in [6.07, 6.45) is 1.68. The van der Waals surface area contributed by atoms with Crippen LogP contribution >= 0.6 is 24.2 Å². The number of thiol groups is 1. The lowest BCUT2D eigenvalue weighted by Gasteiger charge is -1.99. The standard InChI is InChI=1S/C7H10ClN3OS/c1-11-3-5(8)6(10-11)2-9-7(12)4-13/h3,13H,2,4H2,1H3,(H,9,12). The highest BCUT2D eigenvalue weighted by atomic mass is 35.5. The molecule has 0 saturated heterocycles. The summed E-state index contributed by atoms with van der Waals surface area (Å²) >= 11 is 9.64. The van der Waals surface area contributed by atoms with Gasteiger partial charge in [-0.2, -0.15) is 17.7 Å². The van der Waals surface area contributed by atoms with Crippen molar-refractivity contribution in [2.45, 2.75) is 6.54 Å². The summed E-state index contributed by atoms with van der Waals surface area (Å²) in [6.45, 7) is 0.346. The van der Waals surface area contributed by atoms with Gasteiger partial charge in [0, 0.05) is 13.2 Å². The number of carbonyl (C=O) groups excluding carboxylic acids is 1. The Kier molecular flexibility index (Phi) is 3.62. The van der Waals surface area contributed by atoms with E-state index in [1.54, 1.807) is 17.9 Å². The lowest BCUT2D eigenvalue weighted by atomic mass is 10.4. The van der Waals surface area contributed by atoms with Crippen LogP contribution in [0.5, 0.6) is 0 Å². The van der Waals surface area contributed by atoms with Gasteiger partial charge in [-0.25, -0.2) is 0 Å². The molecule has 0 unspecified atom stereocenters. The van der Waals surface area contributed by atoms with E-state index in [0.29, 0.717) is 17.3 Å². The van der Waals surface area contributed by atoms with Crippen molar-refractivity contribution in [3.63, 3.8) is 0 Å². The number of rotatable bonds is 3. The third-order valence-electron chi connectivity index (χ3n) is 1.45. The largest absolute Gasteiger partial charge is 0.350 e. The number of hydrogen-bond acceptors (Lipinski definition) is 3. The Bertz CT molecular complexity index is 313. The van der Waals surface area contributed by atoms with Gasteiger partial charge in [0.15, 0.2) is 0 Å². The summed E-state index contributed by atoms with van der Waals surface area (Å²) in [5.74, 6) is 0.0369. The second kappa shape index (κ2) is 4.53. The SMILES string of the molecule is Cn1cc(Cl)c(CNC(=O)CS)n1. The Morgan fingerprint density at radius 3 is 3.00 bits per heavy atom. The molecule has 0 fully saturated rings. The molecular weight excluding hydrogens is 210 g/mol. The van der Waals surface area contributed by atoms with E-state index in [0.717, 1.165) is 0 Å². The van der Waals surface area contributed by atoms with Crippen LogP contribution in [-0.4, -0.2) is 21.4 Å². The van der Waals surface area contributed by atoms with Crippen LogP contribution in [0.2, 0.25) is 5.02 Å². The first-order chi connectivity index (χ1) is 6.13. The van der Waals surface area contributed by atoms with Crippen LogP contribution in [0, 0.1) is 0 Å². The number of hydrogen-bond donors (Lipinski definition) is 2. The number of amides is 1. The lowest BCUT2D eigenvalue weighted by molar-refractivity contribution is -0.118. The number of aromatic nitrogens is 2. The average molecular weight is 220 g/mol. The summed E-state index contributed by atoms with van der Waals surface area (Å²) in [4.78, 5) is 10.8. The molecule has 1 aromatic heterocycles. The first-order valence-corrected chi connectivity index (χ1v) is 4.70. The Morgan fingerprint density at radius 2 is 2.54 bits per heavy atom.